The quantitative estimate of drug-likeness (QED) is 0.760. The molecule has 1 saturated heterocycles. The minimum atomic E-state index is 0.364. The number of rotatable bonds is 3. The van der Waals surface area contributed by atoms with Crippen molar-refractivity contribution in [3.8, 4) is 0 Å². The van der Waals surface area contributed by atoms with Crippen molar-refractivity contribution in [2.45, 2.75) is 38.8 Å². The van der Waals surface area contributed by atoms with Gasteiger partial charge >= 0.3 is 0 Å². The Balaban J connectivity index is 2.16. The standard InChI is InChI=1S/C10H18ClNO/c1-8(5-11)7-13-10-4-3-9(2)12-6-10/h5,9-10,12H,3-4,6-7H2,1-2H3/b8-5+. The zero-order valence-electron chi connectivity index (χ0n) is 8.35. The zero-order valence-corrected chi connectivity index (χ0v) is 9.10. The molecule has 1 rings (SSSR count). The van der Waals surface area contributed by atoms with Crippen LogP contribution < -0.4 is 5.32 Å². The Labute approximate surface area is 85.3 Å². The molecule has 0 aliphatic carbocycles. The van der Waals surface area contributed by atoms with Gasteiger partial charge in [-0.05, 0) is 32.3 Å². The summed E-state index contributed by atoms with van der Waals surface area (Å²) in [5.41, 5.74) is 2.67. The Morgan fingerprint density at radius 1 is 1.62 bits per heavy atom. The molecule has 76 valence electrons. The fourth-order valence-corrected chi connectivity index (χ4v) is 1.46. The lowest BCUT2D eigenvalue weighted by molar-refractivity contribution is 0.0449. The minimum Gasteiger partial charge on any atom is -0.373 e. The van der Waals surface area contributed by atoms with Crippen LogP contribution in [0.15, 0.2) is 11.1 Å². The number of hydrogen-bond donors (Lipinski definition) is 1. The third kappa shape index (κ3) is 4.12. The Kier molecular flexibility index (Phi) is 4.78. The first kappa shape index (κ1) is 11.0. The van der Waals surface area contributed by atoms with Crippen LogP contribution in [-0.2, 0) is 4.74 Å². The van der Waals surface area contributed by atoms with E-state index in [2.05, 4.69) is 12.2 Å². The summed E-state index contributed by atoms with van der Waals surface area (Å²) in [5.74, 6) is 0. The lowest BCUT2D eigenvalue weighted by Gasteiger charge is -2.27. The first-order valence-corrected chi connectivity index (χ1v) is 5.27. The number of halogens is 1. The average Bonchev–Trinajstić information content (AvgIpc) is 2.16. The van der Waals surface area contributed by atoms with Crippen molar-refractivity contribution in [2.75, 3.05) is 13.2 Å². The molecule has 0 aromatic heterocycles. The molecule has 1 heterocycles. The molecule has 0 aromatic rings. The maximum atomic E-state index is 5.67. The van der Waals surface area contributed by atoms with Gasteiger partial charge in [-0.25, -0.2) is 0 Å². The molecule has 0 spiro atoms. The van der Waals surface area contributed by atoms with Crippen LogP contribution in [-0.4, -0.2) is 25.3 Å². The summed E-state index contributed by atoms with van der Waals surface area (Å²) in [7, 11) is 0. The second-order valence-electron chi connectivity index (χ2n) is 3.78. The summed E-state index contributed by atoms with van der Waals surface area (Å²) in [5, 5.41) is 3.40. The van der Waals surface area contributed by atoms with Crippen LogP contribution in [0.1, 0.15) is 26.7 Å². The highest BCUT2D eigenvalue weighted by Crippen LogP contribution is 2.11. The maximum Gasteiger partial charge on any atom is 0.0704 e. The molecule has 2 nitrogen and oxygen atoms in total. The molecule has 0 radical (unpaired) electrons. The highest BCUT2D eigenvalue weighted by Gasteiger charge is 2.17. The van der Waals surface area contributed by atoms with Crippen molar-refractivity contribution in [3.63, 3.8) is 0 Å². The van der Waals surface area contributed by atoms with E-state index in [1.54, 1.807) is 5.54 Å². The first-order chi connectivity index (χ1) is 6.22. The highest BCUT2D eigenvalue weighted by atomic mass is 35.5. The van der Waals surface area contributed by atoms with Gasteiger partial charge in [0.15, 0.2) is 0 Å². The van der Waals surface area contributed by atoms with Gasteiger partial charge in [0.05, 0.1) is 12.7 Å². The van der Waals surface area contributed by atoms with E-state index in [-0.39, 0.29) is 0 Å². The monoisotopic (exact) mass is 203 g/mol. The van der Waals surface area contributed by atoms with Crippen LogP contribution in [0.2, 0.25) is 0 Å². The normalized spacial score (nSPS) is 30.5. The van der Waals surface area contributed by atoms with Gasteiger partial charge in [-0.3, -0.25) is 0 Å². The van der Waals surface area contributed by atoms with Gasteiger partial charge in [0.25, 0.3) is 0 Å². The van der Waals surface area contributed by atoms with Crippen molar-refractivity contribution >= 4 is 11.6 Å². The summed E-state index contributed by atoms with van der Waals surface area (Å²) < 4.78 is 5.67. The van der Waals surface area contributed by atoms with Crippen LogP contribution in [0.5, 0.6) is 0 Å². The van der Waals surface area contributed by atoms with E-state index >= 15 is 0 Å². The van der Waals surface area contributed by atoms with E-state index in [0.717, 1.165) is 18.5 Å². The third-order valence-corrected chi connectivity index (χ3v) is 2.72. The summed E-state index contributed by atoms with van der Waals surface area (Å²) in [6.45, 7) is 5.81. The minimum absolute atomic E-state index is 0.364. The highest BCUT2D eigenvalue weighted by molar-refractivity contribution is 6.25. The molecule has 1 N–H and O–H groups in total. The smallest absolute Gasteiger partial charge is 0.0704 e. The molecular formula is C10H18ClNO. The van der Waals surface area contributed by atoms with Gasteiger partial charge < -0.3 is 10.1 Å². The predicted molar refractivity (Wildman–Crippen MR) is 56.0 cm³/mol. The fraction of sp³-hybridized carbons (Fsp3) is 0.800. The van der Waals surface area contributed by atoms with Gasteiger partial charge in [0, 0.05) is 18.1 Å². The van der Waals surface area contributed by atoms with Crippen LogP contribution in [0, 0.1) is 0 Å². The second-order valence-corrected chi connectivity index (χ2v) is 3.99. The molecule has 0 bridgehead atoms. The van der Waals surface area contributed by atoms with Crippen molar-refractivity contribution in [2.24, 2.45) is 0 Å². The van der Waals surface area contributed by atoms with E-state index in [9.17, 15) is 0 Å². The van der Waals surface area contributed by atoms with Gasteiger partial charge in [-0.1, -0.05) is 11.6 Å². The fourth-order valence-electron chi connectivity index (χ4n) is 1.40. The molecule has 0 saturated carbocycles. The number of piperidine rings is 1. The zero-order chi connectivity index (χ0) is 9.68. The molecule has 1 aliphatic heterocycles. The van der Waals surface area contributed by atoms with E-state index in [1.165, 1.54) is 6.42 Å². The average molecular weight is 204 g/mol. The Morgan fingerprint density at radius 3 is 2.92 bits per heavy atom. The van der Waals surface area contributed by atoms with Crippen LogP contribution >= 0.6 is 11.6 Å². The molecule has 2 atom stereocenters. The topological polar surface area (TPSA) is 21.3 Å². The van der Waals surface area contributed by atoms with Crippen molar-refractivity contribution in [1.82, 2.24) is 5.32 Å². The van der Waals surface area contributed by atoms with Gasteiger partial charge in [-0.15, -0.1) is 0 Å². The van der Waals surface area contributed by atoms with E-state index in [4.69, 9.17) is 16.3 Å². The molecule has 0 aromatic carbocycles. The Hall–Kier alpha value is -0.0500. The lowest BCUT2D eigenvalue weighted by Crippen LogP contribution is -2.41. The van der Waals surface area contributed by atoms with Crippen molar-refractivity contribution in [3.05, 3.63) is 11.1 Å². The molecule has 0 amide bonds. The summed E-state index contributed by atoms with van der Waals surface area (Å²) in [6.07, 6.45) is 2.72. The first-order valence-electron chi connectivity index (χ1n) is 4.83. The van der Waals surface area contributed by atoms with Gasteiger partial charge in [0.1, 0.15) is 0 Å². The molecule has 13 heavy (non-hydrogen) atoms. The van der Waals surface area contributed by atoms with E-state index < -0.39 is 0 Å². The Morgan fingerprint density at radius 2 is 2.38 bits per heavy atom. The van der Waals surface area contributed by atoms with Crippen LogP contribution in [0.3, 0.4) is 0 Å². The van der Waals surface area contributed by atoms with E-state index in [0.29, 0.717) is 18.8 Å². The number of ether oxygens (including phenoxy) is 1. The van der Waals surface area contributed by atoms with Crippen LogP contribution in [0.25, 0.3) is 0 Å². The summed E-state index contributed by atoms with van der Waals surface area (Å²) in [6, 6.07) is 0.643. The van der Waals surface area contributed by atoms with Crippen molar-refractivity contribution < 1.29 is 4.74 Å². The SMILES string of the molecule is C/C(=C\Cl)COC1CCC(C)NC1. The molecule has 1 fully saturated rings. The Bertz CT molecular complexity index is 174. The lowest BCUT2D eigenvalue weighted by atomic mass is 10.0. The third-order valence-electron chi connectivity index (χ3n) is 2.35. The summed E-state index contributed by atoms with van der Waals surface area (Å²) in [4.78, 5) is 0. The molecular weight excluding hydrogens is 186 g/mol. The summed E-state index contributed by atoms with van der Waals surface area (Å²) >= 11 is 5.54. The molecule has 3 heteroatoms. The number of hydrogen-bond acceptors (Lipinski definition) is 2. The van der Waals surface area contributed by atoms with Crippen LogP contribution in [0.4, 0.5) is 0 Å². The maximum absolute atomic E-state index is 5.67. The van der Waals surface area contributed by atoms with Gasteiger partial charge in [0.2, 0.25) is 0 Å². The molecule has 2 unspecified atom stereocenters. The predicted octanol–water partition coefficient (Wildman–Crippen LogP) is 2.29. The largest absolute Gasteiger partial charge is 0.373 e. The van der Waals surface area contributed by atoms with E-state index in [1.807, 2.05) is 6.92 Å². The molecule has 1 aliphatic rings. The van der Waals surface area contributed by atoms with Crippen molar-refractivity contribution in [1.29, 1.82) is 0 Å². The van der Waals surface area contributed by atoms with Gasteiger partial charge in [-0.2, -0.15) is 0 Å². The second kappa shape index (κ2) is 5.63. The number of nitrogens with one attached hydrogen (secondary N) is 1.